The van der Waals surface area contributed by atoms with Gasteiger partial charge in [-0.1, -0.05) is 13.8 Å². The second kappa shape index (κ2) is 3.23. The van der Waals surface area contributed by atoms with Crippen LogP contribution >= 0.6 is 0 Å². The van der Waals surface area contributed by atoms with Gasteiger partial charge < -0.3 is 0 Å². The first-order chi connectivity index (χ1) is 5.25. The lowest BCUT2D eigenvalue weighted by Gasteiger charge is -2.01. The Balaban J connectivity index is 2.86. The number of carbonyl (C=O) groups excluding carboxylic acids is 1. The summed E-state index contributed by atoms with van der Waals surface area (Å²) in [6.45, 7) is 4.04. The Bertz CT molecular complexity index is 242. The van der Waals surface area contributed by atoms with Crippen molar-refractivity contribution in [2.24, 2.45) is 0 Å². The number of tetrazole rings is 1. The van der Waals surface area contributed by atoms with Crippen LogP contribution in [0.5, 0.6) is 0 Å². The van der Waals surface area contributed by atoms with Crippen molar-refractivity contribution in [1.29, 1.82) is 0 Å². The fourth-order valence-corrected chi connectivity index (χ4v) is 0.799. The molecule has 1 radical (unpaired) electrons. The molecule has 0 amide bonds. The lowest BCUT2D eigenvalue weighted by Crippen LogP contribution is -2.07. The van der Waals surface area contributed by atoms with E-state index in [1.165, 1.54) is 4.68 Å². The van der Waals surface area contributed by atoms with Crippen LogP contribution in [-0.2, 0) is 11.3 Å². The van der Waals surface area contributed by atoms with E-state index in [1.54, 1.807) is 6.29 Å². The number of nitrogens with zero attached hydrogens (tertiary/aromatic N) is 4. The molecule has 0 spiro atoms. The molecule has 0 unspecified atom stereocenters. The van der Waals surface area contributed by atoms with Gasteiger partial charge in [0.15, 0.2) is 5.82 Å². The Labute approximate surface area is 64.4 Å². The molecule has 0 aromatic carbocycles. The van der Waals surface area contributed by atoms with E-state index in [9.17, 15) is 4.79 Å². The van der Waals surface area contributed by atoms with Gasteiger partial charge >= 0.3 is 0 Å². The molecule has 0 saturated heterocycles. The van der Waals surface area contributed by atoms with Gasteiger partial charge in [-0.25, -0.2) is 4.68 Å². The SMILES string of the molecule is CC(C)c1nnnn1C[C]=O. The van der Waals surface area contributed by atoms with E-state index in [0.29, 0.717) is 5.82 Å². The number of rotatable bonds is 3. The Hall–Kier alpha value is -1.26. The van der Waals surface area contributed by atoms with Gasteiger partial charge in [0.1, 0.15) is 6.54 Å². The maximum absolute atomic E-state index is 10.0. The summed E-state index contributed by atoms with van der Waals surface area (Å²) in [4.78, 5) is 10.0. The predicted molar refractivity (Wildman–Crippen MR) is 37.6 cm³/mol. The summed E-state index contributed by atoms with van der Waals surface area (Å²) in [5.41, 5.74) is 0. The largest absolute Gasteiger partial charge is 0.289 e. The van der Waals surface area contributed by atoms with E-state index in [0.717, 1.165) is 0 Å². The first-order valence-electron chi connectivity index (χ1n) is 3.36. The summed E-state index contributed by atoms with van der Waals surface area (Å²) in [6.07, 6.45) is 1.74. The summed E-state index contributed by atoms with van der Waals surface area (Å²) in [5.74, 6) is 0.951. The van der Waals surface area contributed by atoms with Crippen LogP contribution in [-0.4, -0.2) is 26.5 Å². The lowest BCUT2D eigenvalue weighted by molar-refractivity contribution is 0.527. The Morgan fingerprint density at radius 3 is 2.91 bits per heavy atom. The van der Waals surface area contributed by atoms with E-state index >= 15 is 0 Å². The first kappa shape index (κ1) is 7.84. The minimum absolute atomic E-state index is 0.112. The number of hydrogen-bond acceptors (Lipinski definition) is 4. The fraction of sp³-hybridized carbons (Fsp3) is 0.667. The highest BCUT2D eigenvalue weighted by Gasteiger charge is 2.08. The summed E-state index contributed by atoms with van der Waals surface area (Å²) in [5, 5.41) is 10.8. The van der Waals surface area contributed by atoms with Crippen molar-refractivity contribution in [3.05, 3.63) is 5.82 Å². The minimum atomic E-state index is 0.112. The smallest absolute Gasteiger partial charge is 0.221 e. The average molecular weight is 153 g/mol. The van der Waals surface area contributed by atoms with Crippen molar-refractivity contribution in [1.82, 2.24) is 20.2 Å². The van der Waals surface area contributed by atoms with Gasteiger partial charge in [-0.2, -0.15) is 0 Å². The minimum Gasteiger partial charge on any atom is -0.289 e. The molecular formula is C6H9N4O. The molecule has 0 aliphatic heterocycles. The predicted octanol–water partition coefficient (Wildman–Crippen LogP) is -0.0938. The highest BCUT2D eigenvalue weighted by atomic mass is 16.1. The van der Waals surface area contributed by atoms with Crippen LogP contribution in [0.3, 0.4) is 0 Å². The third-order valence-corrected chi connectivity index (χ3v) is 1.29. The van der Waals surface area contributed by atoms with Gasteiger partial charge in [-0.3, -0.25) is 4.79 Å². The van der Waals surface area contributed by atoms with E-state index < -0.39 is 0 Å². The average Bonchev–Trinajstić information content (AvgIpc) is 2.36. The first-order valence-corrected chi connectivity index (χ1v) is 3.36. The normalized spacial score (nSPS) is 10.5. The summed E-state index contributed by atoms with van der Waals surface area (Å²) in [6, 6.07) is 0. The lowest BCUT2D eigenvalue weighted by atomic mass is 10.2. The van der Waals surface area contributed by atoms with Crippen LogP contribution in [0.2, 0.25) is 0 Å². The molecule has 0 atom stereocenters. The second-order valence-electron chi connectivity index (χ2n) is 2.49. The van der Waals surface area contributed by atoms with Crippen molar-refractivity contribution in [3.8, 4) is 0 Å². The number of aromatic nitrogens is 4. The molecule has 0 aliphatic rings. The highest BCUT2D eigenvalue weighted by Crippen LogP contribution is 2.07. The Kier molecular flexibility index (Phi) is 2.30. The topological polar surface area (TPSA) is 60.7 Å². The van der Waals surface area contributed by atoms with Crippen molar-refractivity contribution < 1.29 is 4.79 Å². The molecule has 1 rings (SSSR count). The van der Waals surface area contributed by atoms with Crippen molar-refractivity contribution >= 4 is 6.29 Å². The summed E-state index contributed by atoms with van der Waals surface area (Å²) in [7, 11) is 0. The van der Waals surface area contributed by atoms with Gasteiger partial charge in [0.05, 0.1) is 0 Å². The molecule has 0 N–H and O–H groups in total. The molecule has 5 heteroatoms. The zero-order chi connectivity index (χ0) is 8.27. The van der Waals surface area contributed by atoms with Crippen LogP contribution in [0.4, 0.5) is 0 Å². The molecule has 0 aliphatic carbocycles. The quantitative estimate of drug-likeness (QED) is 0.608. The van der Waals surface area contributed by atoms with Crippen LogP contribution < -0.4 is 0 Å². The summed E-state index contributed by atoms with van der Waals surface area (Å²) >= 11 is 0. The van der Waals surface area contributed by atoms with Gasteiger partial charge in [-0.05, 0) is 10.4 Å². The van der Waals surface area contributed by atoms with Gasteiger partial charge in [0.25, 0.3) is 0 Å². The van der Waals surface area contributed by atoms with E-state index in [4.69, 9.17) is 0 Å². The maximum Gasteiger partial charge on any atom is 0.221 e. The highest BCUT2D eigenvalue weighted by molar-refractivity contribution is 5.49. The monoisotopic (exact) mass is 153 g/mol. The molecule has 1 heterocycles. The van der Waals surface area contributed by atoms with Gasteiger partial charge in [0.2, 0.25) is 6.29 Å². The fourth-order valence-electron chi connectivity index (χ4n) is 0.799. The number of hydrogen-bond donors (Lipinski definition) is 0. The van der Waals surface area contributed by atoms with Crippen LogP contribution in [0.25, 0.3) is 0 Å². The van der Waals surface area contributed by atoms with Crippen LogP contribution in [0.15, 0.2) is 0 Å². The van der Waals surface area contributed by atoms with Crippen molar-refractivity contribution in [3.63, 3.8) is 0 Å². The molecule has 5 nitrogen and oxygen atoms in total. The third-order valence-electron chi connectivity index (χ3n) is 1.29. The van der Waals surface area contributed by atoms with E-state index in [2.05, 4.69) is 15.5 Å². The molecule has 0 fully saturated rings. The maximum atomic E-state index is 10.0. The third kappa shape index (κ3) is 1.60. The Morgan fingerprint density at radius 1 is 1.64 bits per heavy atom. The molecule has 0 saturated carbocycles. The summed E-state index contributed by atoms with van der Waals surface area (Å²) < 4.78 is 1.44. The van der Waals surface area contributed by atoms with Crippen molar-refractivity contribution in [2.75, 3.05) is 0 Å². The molecule has 59 valence electrons. The van der Waals surface area contributed by atoms with Crippen molar-refractivity contribution in [2.45, 2.75) is 26.3 Å². The molecule has 1 aromatic heterocycles. The Morgan fingerprint density at radius 2 is 2.36 bits per heavy atom. The van der Waals surface area contributed by atoms with Gasteiger partial charge in [0, 0.05) is 5.92 Å². The second-order valence-corrected chi connectivity index (χ2v) is 2.49. The van der Waals surface area contributed by atoms with Crippen LogP contribution in [0, 0.1) is 0 Å². The molecule has 1 aromatic rings. The van der Waals surface area contributed by atoms with Crippen LogP contribution in [0.1, 0.15) is 25.6 Å². The molecule has 11 heavy (non-hydrogen) atoms. The zero-order valence-corrected chi connectivity index (χ0v) is 6.48. The zero-order valence-electron chi connectivity index (χ0n) is 6.48. The molecule has 0 bridgehead atoms. The van der Waals surface area contributed by atoms with Gasteiger partial charge in [-0.15, -0.1) is 5.10 Å². The standard InChI is InChI=1S/C6H9N4O/c1-5(2)6-7-8-9-10(6)3-4-11/h5H,3H2,1-2H3. The van der Waals surface area contributed by atoms with E-state index in [-0.39, 0.29) is 12.5 Å². The molecular weight excluding hydrogens is 144 g/mol. The van der Waals surface area contributed by atoms with E-state index in [1.807, 2.05) is 13.8 Å².